The summed E-state index contributed by atoms with van der Waals surface area (Å²) in [7, 11) is 0. The zero-order chi connectivity index (χ0) is 14.2. The van der Waals surface area contributed by atoms with Crippen LogP contribution in [0.25, 0.3) is 10.8 Å². The Bertz CT molecular complexity index is 722. The van der Waals surface area contributed by atoms with Crippen LogP contribution in [0.5, 0.6) is 0 Å². The predicted octanol–water partition coefficient (Wildman–Crippen LogP) is 1.93. The quantitative estimate of drug-likeness (QED) is 0.747. The minimum Gasteiger partial charge on any atom is -0.478 e. The van der Waals surface area contributed by atoms with E-state index in [1.165, 1.54) is 12.1 Å². The molecule has 0 saturated heterocycles. The third kappa shape index (κ3) is 2.56. The summed E-state index contributed by atoms with van der Waals surface area (Å²) in [6.45, 7) is 0. The molecule has 0 fully saturated rings. The minimum atomic E-state index is -1.58. The number of hydrogen-bond acceptors (Lipinski definition) is 3. The van der Waals surface area contributed by atoms with Gasteiger partial charge in [-0.3, -0.25) is 0 Å². The monoisotopic (exact) mass is 308 g/mol. The van der Waals surface area contributed by atoms with Crippen molar-refractivity contribution in [3.05, 3.63) is 47.0 Å². The molecule has 0 heterocycles. The number of hydrogen-bond donors (Lipinski definition) is 3. The van der Waals surface area contributed by atoms with E-state index in [4.69, 9.17) is 15.3 Å². The van der Waals surface area contributed by atoms with Crippen molar-refractivity contribution in [1.82, 2.24) is 0 Å². The van der Waals surface area contributed by atoms with Crippen LogP contribution in [0.15, 0.2) is 30.3 Å². The summed E-state index contributed by atoms with van der Waals surface area (Å²) in [5, 5.41) is 27.8. The van der Waals surface area contributed by atoms with Gasteiger partial charge in [-0.15, -0.1) is 0 Å². The molecular weight excluding hydrogens is 300 g/mol. The Balaban J connectivity index is 0.00000200. The molecule has 0 aliphatic carbocycles. The van der Waals surface area contributed by atoms with Gasteiger partial charge in [0, 0.05) is 21.7 Å². The molecule has 0 aromatic heterocycles. The maximum Gasteiger partial charge on any atom is 0.337 e. The van der Waals surface area contributed by atoms with Gasteiger partial charge in [-0.2, -0.15) is 0 Å². The van der Waals surface area contributed by atoms with Crippen LogP contribution in [0.4, 0.5) is 0 Å². The van der Waals surface area contributed by atoms with Crippen LogP contribution in [-0.2, 0) is 21.7 Å². The molecule has 0 bridgehead atoms. The zero-order valence-corrected chi connectivity index (χ0v) is 11.5. The second-order valence-electron chi connectivity index (χ2n) is 3.81. The van der Waals surface area contributed by atoms with Gasteiger partial charge in [0.25, 0.3) is 0 Å². The maximum atomic E-state index is 11.3. The van der Waals surface area contributed by atoms with Gasteiger partial charge in [0.2, 0.25) is 0 Å². The Hall–Kier alpha value is -2.18. The normalized spacial score (nSPS) is 9.80. The summed E-state index contributed by atoms with van der Waals surface area (Å²) >= 11 is 0. The predicted molar refractivity (Wildman–Crippen MR) is 64.8 cm³/mol. The van der Waals surface area contributed by atoms with Crippen molar-refractivity contribution in [2.45, 2.75) is 0 Å². The molecule has 2 aromatic rings. The van der Waals surface area contributed by atoms with E-state index in [1.807, 2.05) is 0 Å². The molecular formula is C13H8O6Ti. The molecule has 2 aromatic carbocycles. The molecule has 3 N–H and O–H groups in total. The fourth-order valence-electron chi connectivity index (χ4n) is 1.96. The fourth-order valence-corrected chi connectivity index (χ4v) is 1.96. The zero-order valence-electron chi connectivity index (χ0n) is 9.95. The van der Waals surface area contributed by atoms with E-state index in [2.05, 4.69) is 0 Å². The van der Waals surface area contributed by atoms with Crippen molar-refractivity contribution in [3.8, 4) is 0 Å². The maximum absolute atomic E-state index is 11.3. The SMILES string of the molecule is O=C(O)c1cc2ccccc2c(C(=O)O)c1C(=O)O.[Ti]. The molecule has 6 nitrogen and oxygen atoms in total. The van der Waals surface area contributed by atoms with E-state index < -0.39 is 34.6 Å². The molecule has 0 aliphatic rings. The number of carboxylic acid groups (broad SMARTS) is 3. The Morgan fingerprint density at radius 3 is 1.85 bits per heavy atom. The number of carboxylic acids is 3. The third-order valence-corrected chi connectivity index (χ3v) is 2.71. The molecule has 7 heteroatoms. The first kappa shape index (κ1) is 15.9. The van der Waals surface area contributed by atoms with Crippen molar-refractivity contribution in [2.75, 3.05) is 0 Å². The van der Waals surface area contributed by atoms with Crippen molar-refractivity contribution in [1.29, 1.82) is 0 Å². The number of carbonyl (C=O) groups is 3. The molecule has 20 heavy (non-hydrogen) atoms. The minimum absolute atomic E-state index is 0. The van der Waals surface area contributed by atoms with Gasteiger partial charge in [0.1, 0.15) is 0 Å². The smallest absolute Gasteiger partial charge is 0.337 e. The van der Waals surface area contributed by atoms with Gasteiger partial charge in [-0.05, 0) is 16.8 Å². The Kier molecular flexibility index (Phi) is 4.65. The molecule has 2 rings (SSSR count). The summed E-state index contributed by atoms with van der Waals surface area (Å²) in [5.74, 6) is -4.54. The molecule has 0 spiro atoms. The Morgan fingerprint density at radius 2 is 1.35 bits per heavy atom. The topological polar surface area (TPSA) is 112 Å². The summed E-state index contributed by atoms with van der Waals surface area (Å²) in [4.78, 5) is 33.5. The number of benzene rings is 2. The van der Waals surface area contributed by atoms with Crippen molar-refractivity contribution < 1.29 is 51.4 Å². The second kappa shape index (κ2) is 5.86. The Labute approximate surface area is 127 Å². The van der Waals surface area contributed by atoms with Crippen LogP contribution in [0.3, 0.4) is 0 Å². The molecule has 0 unspecified atom stereocenters. The van der Waals surface area contributed by atoms with E-state index in [0.717, 1.165) is 6.07 Å². The summed E-state index contributed by atoms with van der Waals surface area (Å²) in [5.41, 5.74) is -1.76. The molecule has 0 atom stereocenters. The van der Waals surface area contributed by atoms with Crippen molar-refractivity contribution in [2.24, 2.45) is 0 Å². The fraction of sp³-hybridized carbons (Fsp3) is 0. The molecule has 0 amide bonds. The van der Waals surface area contributed by atoms with Gasteiger partial charge < -0.3 is 15.3 Å². The average Bonchev–Trinajstić information content (AvgIpc) is 2.35. The largest absolute Gasteiger partial charge is 0.478 e. The van der Waals surface area contributed by atoms with E-state index in [1.54, 1.807) is 12.1 Å². The van der Waals surface area contributed by atoms with Gasteiger partial charge in [-0.1, -0.05) is 24.3 Å². The van der Waals surface area contributed by atoms with Crippen molar-refractivity contribution in [3.63, 3.8) is 0 Å². The van der Waals surface area contributed by atoms with Crippen LogP contribution in [0, 0.1) is 0 Å². The van der Waals surface area contributed by atoms with Crippen molar-refractivity contribution >= 4 is 28.7 Å². The van der Waals surface area contributed by atoms with Crippen LogP contribution >= 0.6 is 0 Å². The van der Waals surface area contributed by atoms with Gasteiger partial charge in [0.15, 0.2) is 0 Å². The Morgan fingerprint density at radius 1 is 0.800 bits per heavy atom. The summed E-state index contributed by atoms with van der Waals surface area (Å²) < 4.78 is 0. The van der Waals surface area contributed by atoms with E-state index >= 15 is 0 Å². The number of fused-ring (bicyclic) bond motifs is 1. The van der Waals surface area contributed by atoms with Crippen LogP contribution in [0.2, 0.25) is 0 Å². The average molecular weight is 308 g/mol. The molecule has 0 saturated carbocycles. The second-order valence-corrected chi connectivity index (χ2v) is 3.81. The van der Waals surface area contributed by atoms with Gasteiger partial charge >= 0.3 is 17.9 Å². The summed E-state index contributed by atoms with van der Waals surface area (Å²) in [6, 6.07) is 7.30. The molecule has 0 radical (unpaired) electrons. The molecule has 0 aliphatic heterocycles. The van der Waals surface area contributed by atoms with Crippen LogP contribution < -0.4 is 0 Å². The first-order chi connectivity index (χ1) is 8.93. The molecule has 100 valence electrons. The summed E-state index contributed by atoms with van der Waals surface area (Å²) in [6.07, 6.45) is 0. The van der Waals surface area contributed by atoms with Crippen LogP contribution in [0.1, 0.15) is 31.1 Å². The van der Waals surface area contributed by atoms with E-state index in [9.17, 15) is 14.4 Å². The third-order valence-electron chi connectivity index (χ3n) is 2.71. The van der Waals surface area contributed by atoms with E-state index in [-0.39, 0.29) is 27.1 Å². The van der Waals surface area contributed by atoms with Gasteiger partial charge in [-0.25, -0.2) is 14.4 Å². The number of aromatic carboxylic acids is 3. The van der Waals surface area contributed by atoms with Crippen LogP contribution in [-0.4, -0.2) is 33.2 Å². The van der Waals surface area contributed by atoms with Gasteiger partial charge in [0.05, 0.1) is 16.7 Å². The first-order valence-corrected chi connectivity index (χ1v) is 5.19. The number of rotatable bonds is 3. The standard InChI is InChI=1S/C13H8O6.Ti/c14-11(15)8-5-6-3-1-2-4-7(6)9(12(16)17)10(8)13(18)19;/h1-5H,(H,14,15)(H,16,17)(H,18,19);. The van der Waals surface area contributed by atoms with E-state index in [0.29, 0.717) is 5.39 Å². The first-order valence-electron chi connectivity index (χ1n) is 5.19.